The quantitative estimate of drug-likeness (QED) is 0.634. The number of hydrogen-bond donors (Lipinski definition) is 2. The molecule has 0 bridgehead atoms. The lowest BCUT2D eigenvalue weighted by atomic mass is 9.86. The average Bonchev–Trinajstić information content (AvgIpc) is 2.88. The van der Waals surface area contributed by atoms with Crippen molar-refractivity contribution in [3.05, 3.63) is 35.2 Å². The van der Waals surface area contributed by atoms with Gasteiger partial charge in [-0.25, -0.2) is 4.98 Å². The molecular formula is C19H27BrN4S. The third-order valence-corrected chi connectivity index (χ3v) is 5.00. The zero-order chi connectivity index (χ0) is 17.0. The van der Waals surface area contributed by atoms with Gasteiger partial charge in [0.15, 0.2) is 0 Å². The van der Waals surface area contributed by atoms with Crippen LogP contribution in [-0.2, 0) is 5.41 Å². The molecule has 1 aliphatic heterocycles. The Balaban J connectivity index is 0.00000225. The summed E-state index contributed by atoms with van der Waals surface area (Å²) >= 11 is 1.61. The Morgan fingerprint density at radius 3 is 2.48 bits per heavy atom. The van der Waals surface area contributed by atoms with E-state index in [4.69, 9.17) is 0 Å². The third kappa shape index (κ3) is 5.54. The molecule has 0 saturated carbocycles. The number of hydrazine groups is 1. The Bertz CT molecular complexity index is 701. The molecule has 2 aromatic rings. The van der Waals surface area contributed by atoms with Crippen molar-refractivity contribution in [1.82, 2.24) is 10.4 Å². The van der Waals surface area contributed by atoms with Gasteiger partial charge in [0.25, 0.3) is 0 Å². The van der Waals surface area contributed by atoms with Crippen LogP contribution in [0.2, 0.25) is 0 Å². The molecule has 2 heterocycles. The summed E-state index contributed by atoms with van der Waals surface area (Å²) in [7, 11) is 0. The van der Waals surface area contributed by atoms with Crippen molar-refractivity contribution >= 4 is 39.3 Å². The van der Waals surface area contributed by atoms with Gasteiger partial charge in [0.2, 0.25) is 5.13 Å². The highest BCUT2D eigenvalue weighted by atomic mass is 79.9. The molecule has 136 valence electrons. The minimum atomic E-state index is 0. The van der Waals surface area contributed by atoms with Crippen molar-refractivity contribution < 1.29 is 0 Å². The van der Waals surface area contributed by atoms with E-state index < -0.39 is 0 Å². The first-order valence-corrected chi connectivity index (χ1v) is 9.52. The predicted octanol–water partition coefficient (Wildman–Crippen LogP) is 5.57. The predicted molar refractivity (Wildman–Crippen MR) is 114 cm³/mol. The second kappa shape index (κ2) is 8.81. The van der Waals surface area contributed by atoms with E-state index in [1.807, 2.05) is 0 Å². The smallest absolute Gasteiger partial charge is 0.202 e. The second-order valence-corrected chi connectivity index (χ2v) is 8.11. The molecule has 4 nitrogen and oxygen atoms in total. The van der Waals surface area contributed by atoms with Gasteiger partial charge in [-0.1, -0.05) is 51.5 Å². The van der Waals surface area contributed by atoms with E-state index in [0.717, 1.165) is 35.2 Å². The summed E-state index contributed by atoms with van der Waals surface area (Å²) in [5.74, 6) is 1.04. The highest BCUT2D eigenvalue weighted by molar-refractivity contribution is 8.93. The Kier molecular flexibility index (Phi) is 7.02. The van der Waals surface area contributed by atoms with E-state index in [0.29, 0.717) is 0 Å². The fourth-order valence-corrected chi connectivity index (χ4v) is 3.38. The van der Waals surface area contributed by atoms with Crippen LogP contribution in [0.3, 0.4) is 0 Å². The van der Waals surface area contributed by atoms with E-state index in [1.54, 1.807) is 11.3 Å². The number of amidine groups is 1. The monoisotopic (exact) mass is 422 g/mol. The molecule has 2 N–H and O–H groups in total. The van der Waals surface area contributed by atoms with Crippen molar-refractivity contribution in [1.29, 1.82) is 0 Å². The Morgan fingerprint density at radius 1 is 1.00 bits per heavy atom. The van der Waals surface area contributed by atoms with Crippen molar-refractivity contribution in [2.75, 3.05) is 12.0 Å². The second-order valence-electron chi connectivity index (χ2n) is 7.25. The molecule has 1 aromatic carbocycles. The lowest BCUT2D eigenvalue weighted by molar-refractivity contribution is 0.590. The van der Waals surface area contributed by atoms with Gasteiger partial charge in [-0.05, 0) is 23.8 Å². The summed E-state index contributed by atoms with van der Waals surface area (Å²) in [6, 6.07) is 8.70. The van der Waals surface area contributed by atoms with E-state index in [-0.39, 0.29) is 22.4 Å². The number of thiazole rings is 1. The Hall–Kier alpha value is -1.40. The van der Waals surface area contributed by atoms with E-state index >= 15 is 0 Å². The van der Waals surface area contributed by atoms with Crippen LogP contribution < -0.4 is 10.9 Å². The van der Waals surface area contributed by atoms with Gasteiger partial charge in [0, 0.05) is 23.9 Å². The number of nitrogens with zero attached hydrogens (tertiary/aromatic N) is 2. The van der Waals surface area contributed by atoms with Gasteiger partial charge in [0.05, 0.1) is 5.69 Å². The first kappa shape index (κ1) is 19.9. The minimum absolute atomic E-state index is 0. The normalized spacial score (nSPS) is 14.9. The molecule has 1 aliphatic rings. The maximum atomic E-state index is 4.67. The molecular weight excluding hydrogens is 396 g/mol. The zero-order valence-corrected chi connectivity index (χ0v) is 17.7. The van der Waals surface area contributed by atoms with Crippen LogP contribution in [0.15, 0.2) is 34.6 Å². The zero-order valence-electron chi connectivity index (χ0n) is 15.1. The van der Waals surface area contributed by atoms with Crippen LogP contribution in [0.4, 0.5) is 5.13 Å². The minimum Gasteiger partial charge on any atom is -0.286 e. The van der Waals surface area contributed by atoms with Gasteiger partial charge in [-0.2, -0.15) is 0 Å². The first-order chi connectivity index (χ1) is 11.5. The molecule has 1 aromatic heterocycles. The van der Waals surface area contributed by atoms with Crippen LogP contribution in [-0.4, -0.2) is 17.4 Å². The van der Waals surface area contributed by atoms with Crippen LogP contribution in [0.5, 0.6) is 0 Å². The van der Waals surface area contributed by atoms with Gasteiger partial charge in [-0.3, -0.25) is 15.8 Å². The first-order valence-electron chi connectivity index (χ1n) is 8.64. The van der Waals surface area contributed by atoms with Crippen LogP contribution in [0, 0.1) is 0 Å². The molecule has 0 atom stereocenters. The topological polar surface area (TPSA) is 49.3 Å². The molecule has 0 radical (unpaired) electrons. The molecule has 0 saturated heterocycles. The SMILES string of the molecule is Br.CC(C)(C)c1ccc(-c2csc(NNC3=NCCCCC3)n2)cc1. The summed E-state index contributed by atoms with van der Waals surface area (Å²) in [6.45, 7) is 7.62. The van der Waals surface area contributed by atoms with Crippen LogP contribution in [0.1, 0.15) is 52.0 Å². The molecule has 0 spiro atoms. The molecule has 0 aliphatic carbocycles. The van der Waals surface area contributed by atoms with Crippen molar-refractivity contribution in [2.24, 2.45) is 4.99 Å². The number of aliphatic imine (C=N–C) groups is 1. The molecule has 6 heteroatoms. The number of rotatable bonds is 3. The van der Waals surface area contributed by atoms with Gasteiger partial charge in [0.1, 0.15) is 5.84 Å². The van der Waals surface area contributed by atoms with Gasteiger partial charge >= 0.3 is 0 Å². The molecule has 0 amide bonds. The standard InChI is InChI=1S/C19H26N4S.BrH/c1-19(2,3)15-10-8-14(9-11-15)16-13-24-18(21-16)23-22-17-7-5-4-6-12-20-17;/h8-11,13H,4-7,12H2,1-3H3,(H,20,22)(H,21,23);1H. The summed E-state index contributed by atoms with van der Waals surface area (Å²) in [4.78, 5) is 9.23. The number of aromatic nitrogens is 1. The maximum absolute atomic E-state index is 4.67. The summed E-state index contributed by atoms with van der Waals surface area (Å²) in [5, 5.41) is 2.96. The van der Waals surface area contributed by atoms with Gasteiger partial charge in [-0.15, -0.1) is 28.3 Å². The number of anilines is 1. The fourth-order valence-electron chi connectivity index (χ4n) is 2.71. The summed E-state index contributed by atoms with van der Waals surface area (Å²) in [5.41, 5.74) is 10.1. The molecule has 25 heavy (non-hydrogen) atoms. The van der Waals surface area contributed by atoms with Crippen LogP contribution >= 0.6 is 28.3 Å². The van der Waals surface area contributed by atoms with E-state index in [9.17, 15) is 0 Å². The molecule has 0 unspecified atom stereocenters. The lowest BCUT2D eigenvalue weighted by Crippen LogP contribution is -2.29. The highest BCUT2D eigenvalue weighted by Crippen LogP contribution is 2.28. The largest absolute Gasteiger partial charge is 0.286 e. The maximum Gasteiger partial charge on any atom is 0.202 e. The van der Waals surface area contributed by atoms with Crippen LogP contribution in [0.25, 0.3) is 11.3 Å². The Labute approximate surface area is 164 Å². The number of nitrogens with one attached hydrogen (secondary N) is 2. The van der Waals surface area contributed by atoms with Gasteiger partial charge < -0.3 is 0 Å². The number of benzene rings is 1. The number of hydrogen-bond acceptors (Lipinski definition) is 5. The van der Waals surface area contributed by atoms with Crippen molar-refractivity contribution in [2.45, 2.75) is 51.9 Å². The van der Waals surface area contributed by atoms with E-state index in [1.165, 1.54) is 24.8 Å². The van der Waals surface area contributed by atoms with Crippen molar-refractivity contribution in [3.8, 4) is 11.3 Å². The summed E-state index contributed by atoms with van der Waals surface area (Å²) < 4.78 is 0. The molecule has 0 fully saturated rings. The third-order valence-electron chi connectivity index (χ3n) is 4.24. The Morgan fingerprint density at radius 2 is 1.76 bits per heavy atom. The van der Waals surface area contributed by atoms with Crippen molar-refractivity contribution in [3.63, 3.8) is 0 Å². The number of halogens is 1. The van der Waals surface area contributed by atoms with E-state index in [2.05, 4.69) is 71.2 Å². The lowest BCUT2D eigenvalue weighted by Gasteiger charge is -2.18. The average molecular weight is 423 g/mol. The highest BCUT2D eigenvalue weighted by Gasteiger charge is 2.13. The summed E-state index contributed by atoms with van der Waals surface area (Å²) in [6.07, 6.45) is 4.67. The molecule has 3 rings (SSSR count). The fraction of sp³-hybridized carbons (Fsp3) is 0.474.